The van der Waals surface area contributed by atoms with E-state index in [1.165, 1.54) is 52.7 Å². The topological polar surface area (TPSA) is 112 Å². The molecule has 0 radical (unpaired) electrons. The predicted octanol–water partition coefficient (Wildman–Crippen LogP) is 4.28. The SMILES string of the molecule is COc1ccc(/C=C\c2cc(OC)c(OC)c(OC)c2)c(CS(=O)(=O)c2ccc(O)cc2)c1O. The largest absolute Gasteiger partial charge is 0.508 e. The number of hydrogen-bond donors (Lipinski definition) is 2. The van der Waals surface area contributed by atoms with Gasteiger partial charge in [0.1, 0.15) is 5.75 Å². The van der Waals surface area contributed by atoms with E-state index >= 15 is 0 Å². The Hall–Kier alpha value is -3.85. The van der Waals surface area contributed by atoms with E-state index in [4.69, 9.17) is 18.9 Å². The molecule has 0 unspecified atom stereocenters. The van der Waals surface area contributed by atoms with Gasteiger partial charge in [-0.3, -0.25) is 0 Å². The molecule has 9 heteroatoms. The van der Waals surface area contributed by atoms with Crippen LogP contribution in [0, 0.1) is 0 Å². The predicted molar refractivity (Wildman–Crippen MR) is 129 cm³/mol. The molecule has 0 aliphatic heterocycles. The van der Waals surface area contributed by atoms with Crippen LogP contribution >= 0.6 is 0 Å². The summed E-state index contributed by atoms with van der Waals surface area (Å²) in [7, 11) is 2.09. The van der Waals surface area contributed by atoms with Gasteiger partial charge < -0.3 is 29.2 Å². The smallest absolute Gasteiger partial charge is 0.203 e. The molecular weight excluding hydrogens is 460 g/mol. The van der Waals surface area contributed by atoms with Crippen LogP contribution in [0.15, 0.2) is 53.4 Å². The minimum Gasteiger partial charge on any atom is -0.508 e. The number of benzene rings is 3. The first-order chi connectivity index (χ1) is 16.2. The fourth-order valence-corrected chi connectivity index (χ4v) is 4.81. The number of hydrogen-bond acceptors (Lipinski definition) is 8. The zero-order chi connectivity index (χ0) is 24.9. The fraction of sp³-hybridized carbons (Fsp3) is 0.200. The highest BCUT2D eigenvalue weighted by Crippen LogP contribution is 2.39. The number of sulfone groups is 1. The maximum Gasteiger partial charge on any atom is 0.203 e. The second kappa shape index (κ2) is 10.4. The fourth-order valence-electron chi connectivity index (χ4n) is 3.41. The Morgan fingerprint density at radius 1 is 0.765 bits per heavy atom. The summed E-state index contributed by atoms with van der Waals surface area (Å²) in [5.74, 6) is 0.749. The number of phenolic OH excluding ortho intramolecular Hbond substituents is 2. The van der Waals surface area contributed by atoms with Crippen molar-refractivity contribution in [3.05, 3.63) is 65.2 Å². The quantitative estimate of drug-likeness (QED) is 0.431. The summed E-state index contributed by atoms with van der Waals surface area (Å²) in [6.45, 7) is 0. The second-order valence-electron chi connectivity index (χ2n) is 7.23. The minimum atomic E-state index is -3.83. The van der Waals surface area contributed by atoms with E-state index in [1.807, 2.05) is 0 Å². The number of phenols is 2. The van der Waals surface area contributed by atoms with E-state index in [0.717, 1.165) is 0 Å². The molecule has 3 aromatic rings. The van der Waals surface area contributed by atoms with Gasteiger partial charge in [0.2, 0.25) is 5.75 Å². The van der Waals surface area contributed by atoms with E-state index < -0.39 is 15.6 Å². The lowest BCUT2D eigenvalue weighted by Crippen LogP contribution is -2.07. The molecular formula is C25H26O8S. The zero-order valence-electron chi connectivity index (χ0n) is 19.2. The summed E-state index contributed by atoms with van der Waals surface area (Å²) >= 11 is 0. The zero-order valence-corrected chi connectivity index (χ0v) is 20.0. The molecule has 180 valence electrons. The van der Waals surface area contributed by atoms with Crippen molar-refractivity contribution in [1.29, 1.82) is 0 Å². The lowest BCUT2D eigenvalue weighted by molar-refractivity contribution is 0.324. The highest BCUT2D eigenvalue weighted by atomic mass is 32.2. The summed E-state index contributed by atoms with van der Waals surface area (Å²) in [5.41, 5.74) is 1.36. The molecule has 0 aromatic heterocycles. The molecule has 0 atom stereocenters. The Morgan fingerprint density at radius 3 is 1.88 bits per heavy atom. The van der Waals surface area contributed by atoms with Gasteiger partial charge in [-0.25, -0.2) is 8.42 Å². The van der Waals surface area contributed by atoms with Crippen LogP contribution in [0.25, 0.3) is 12.2 Å². The Labute approximate surface area is 198 Å². The van der Waals surface area contributed by atoms with E-state index in [1.54, 1.807) is 36.4 Å². The van der Waals surface area contributed by atoms with E-state index in [-0.39, 0.29) is 27.7 Å². The van der Waals surface area contributed by atoms with Gasteiger partial charge in [0.15, 0.2) is 32.8 Å². The lowest BCUT2D eigenvalue weighted by atomic mass is 10.0. The first-order valence-corrected chi connectivity index (χ1v) is 11.8. The van der Waals surface area contributed by atoms with Crippen molar-refractivity contribution in [1.82, 2.24) is 0 Å². The molecule has 0 amide bonds. The molecule has 0 aliphatic carbocycles. The van der Waals surface area contributed by atoms with Crippen LogP contribution in [0.4, 0.5) is 0 Å². The molecule has 34 heavy (non-hydrogen) atoms. The van der Waals surface area contributed by atoms with Crippen molar-refractivity contribution in [3.8, 4) is 34.5 Å². The summed E-state index contributed by atoms with van der Waals surface area (Å²) in [4.78, 5) is 0.0204. The molecule has 0 fully saturated rings. The molecule has 3 aromatic carbocycles. The van der Waals surface area contributed by atoms with Crippen LogP contribution in [0.1, 0.15) is 16.7 Å². The first-order valence-electron chi connectivity index (χ1n) is 10.1. The number of ether oxygens (including phenoxy) is 4. The summed E-state index contributed by atoms with van der Waals surface area (Å²) in [6.07, 6.45) is 3.42. The first kappa shape index (κ1) is 24.8. The maximum absolute atomic E-state index is 13.0. The van der Waals surface area contributed by atoms with Crippen molar-refractivity contribution in [2.45, 2.75) is 10.6 Å². The molecule has 0 aliphatic rings. The normalized spacial score (nSPS) is 11.4. The van der Waals surface area contributed by atoms with Crippen molar-refractivity contribution >= 4 is 22.0 Å². The van der Waals surface area contributed by atoms with Gasteiger partial charge in [-0.05, 0) is 53.6 Å². The van der Waals surface area contributed by atoms with Crippen molar-refractivity contribution < 1.29 is 37.6 Å². The van der Waals surface area contributed by atoms with Gasteiger partial charge >= 0.3 is 0 Å². The third-order valence-corrected chi connectivity index (χ3v) is 6.83. The van der Waals surface area contributed by atoms with Gasteiger partial charge in [-0.1, -0.05) is 18.2 Å². The molecule has 0 saturated heterocycles. The molecule has 3 rings (SSSR count). The standard InChI is InChI=1S/C25H26O8S/c1-30-21-12-7-17(6-5-16-13-22(31-2)25(33-4)23(14-16)32-3)20(24(21)27)15-34(28,29)19-10-8-18(26)9-11-19/h5-14,26-27H,15H2,1-4H3/b6-5-. The average Bonchev–Trinajstić information content (AvgIpc) is 2.83. The maximum atomic E-state index is 13.0. The number of methoxy groups -OCH3 is 4. The molecule has 8 nitrogen and oxygen atoms in total. The lowest BCUT2D eigenvalue weighted by Gasteiger charge is -2.14. The molecule has 0 saturated carbocycles. The van der Waals surface area contributed by atoms with E-state index in [2.05, 4.69) is 0 Å². The highest BCUT2D eigenvalue weighted by Gasteiger charge is 2.22. The number of rotatable bonds is 9. The highest BCUT2D eigenvalue weighted by molar-refractivity contribution is 7.90. The Balaban J connectivity index is 2.05. The van der Waals surface area contributed by atoms with Crippen LogP contribution < -0.4 is 18.9 Å². The van der Waals surface area contributed by atoms with Gasteiger partial charge in [0, 0.05) is 5.56 Å². The molecule has 2 N–H and O–H groups in total. The van der Waals surface area contributed by atoms with Gasteiger partial charge in [0.05, 0.1) is 39.1 Å². The third-order valence-electron chi connectivity index (χ3n) is 5.17. The van der Waals surface area contributed by atoms with Gasteiger partial charge in [-0.15, -0.1) is 0 Å². The van der Waals surface area contributed by atoms with Crippen molar-refractivity contribution in [2.75, 3.05) is 28.4 Å². The number of aromatic hydroxyl groups is 2. The van der Waals surface area contributed by atoms with Crippen LogP contribution in [-0.4, -0.2) is 47.1 Å². The monoisotopic (exact) mass is 486 g/mol. The second-order valence-corrected chi connectivity index (χ2v) is 9.22. The van der Waals surface area contributed by atoms with Gasteiger partial charge in [0.25, 0.3) is 0 Å². The Bertz CT molecular complexity index is 1270. The average molecular weight is 487 g/mol. The summed E-state index contributed by atoms with van der Waals surface area (Å²) in [6, 6.07) is 11.9. The van der Waals surface area contributed by atoms with Crippen LogP contribution in [0.5, 0.6) is 34.5 Å². The van der Waals surface area contributed by atoms with Crippen molar-refractivity contribution in [3.63, 3.8) is 0 Å². The van der Waals surface area contributed by atoms with Gasteiger partial charge in [-0.2, -0.15) is 0 Å². The van der Waals surface area contributed by atoms with Crippen LogP contribution in [0.3, 0.4) is 0 Å². The van der Waals surface area contributed by atoms with Crippen LogP contribution in [-0.2, 0) is 15.6 Å². The Morgan fingerprint density at radius 2 is 1.35 bits per heavy atom. The summed E-state index contributed by atoms with van der Waals surface area (Å²) in [5, 5.41) is 20.2. The molecule has 0 bridgehead atoms. The summed E-state index contributed by atoms with van der Waals surface area (Å²) < 4.78 is 47.3. The van der Waals surface area contributed by atoms with E-state index in [9.17, 15) is 18.6 Å². The van der Waals surface area contributed by atoms with Crippen LogP contribution in [0.2, 0.25) is 0 Å². The minimum absolute atomic E-state index is 0.0204. The molecule has 0 heterocycles. The van der Waals surface area contributed by atoms with E-state index in [0.29, 0.717) is 28.4 Å². The Kier molecular flexibility index (Phi) is 7.57. The van der Waals surface area contributed by atoms with Crippen molar-refractivity contribution in [2.24, 2.45) is 0 Å². The third kappa shape index (κ3) is 5.20. The molecule has 0 spiro atoms.